The Morgan fingerprint density at radius 1 is 1.07 bits per heavy atom. The Balaban J connectivity index is 1.32. The number of rotatable bonds is 6. The average molecular weight is 359 g/mol. The van der Waals surface area contributed by atoms with Crippen molar-refractivity contribution in [1.29, 1.82) is 0 Å². The van der Waals surface area contributed by atoms with Crippen molar-refractivity contribution in [2.24, 2.45) is 0 Å². The smallest absolute Gasteiger partial charge is 0.129 e. The first-order valence-electron chi connectivity index (χ1n) is 9.21. The number of ether oxygens (including phenoxy) is 1. The molecule has 5 rings (SSSR count). The van der Waals surface area contributed by atoms with Gasteiger partial charge in [-0.2, -0.15) is 5.10 Å². The zero-order valence-corrected chi connectivity index (χ0v) is 15.1. The standard InChI is InChI=1S/C21H21N5O/c1-26(15-4-5-15)13-21-23-19-9-8-17(12-20(19)24-21)27-16-6-2-14(3-7-16)18-10-11-22-25-18/h2-3,6-12,15H,4-5,13H2,1H3,(H,22,25)(H,23,24). The summed E-state index contributed by atoms with van der Waals surface area (Å²) in [5.41, 5.74) is 4.04. The fraction of sp³-hybridized carbons (Fsp3) is 0.238. The SMILES string of the molecule is CN(Cc1nc2ccc(Oc3ccc(-c4ccn[nH]4)cc3)cc2[nH]1)C1CC1. The third-order valence-corrected chi connectivity index (χ3v) is 4.97. The predicted molar refractivity (Wildman–Crippen MR) is 105 cm³/mol. The van der Waals surface area contributed by atoms with Crippen molar-refractivity contribution in [3.05, 3.63) is 60.6 Å². The van der Waals surface area contributed by atoms with Crippen LogP contribution in [0.2, 0.25) is 0 Å². The number of benzene rings is 2. The number of aromatic nitrogens is 4. The Bertz CT molecular complexity index is 1050. The number of imidazole rings is 1. The van der Waals surface area contributed by atoms with Gasteiger partial charge in [-0.1, -0.05) is 0 Å². The highest BCUT2D eigenvalue weighted by atomic mass is 16.5. The summed E-state index contributed by atoms with van der Waals surface area (Å²) in [6.07, 6.45) is 4.35. The molecule has 0 bridgehead atoms. The van der Waals surface area contributed by atoms with Gasteiger partial charge in [-0.25, -0.2) is 4.98 Å². The molecule has 1 fully saturated rings. The van der Waals surface area contributed by atoms with Crippen LogP contribution in [-0.4, -0.2) is 38.2 Å². The van der Waals surface area contributed by atoms with Crippen LogP contribution in [0.3, 0.4) is 0 Å². The number of nitrogens with one attached hydrogen (secondary N) is 2. The maximum absolute atomic E-state index is 6.01. The third-order valence-electron chi connectivity index (χ3n) is 4.97. The summed E-state index contributed by atoms with van der Waals surface area (Å²) >= 11 is 0. The largest absolute Gasteiger partial charge is 0.457 e. The van der Waals surface area contributed by atoms with E-state index in [1.54, 1.807) is 6.20 Å². The summed E-state index contributed by atoms with van der Waals surface area (Å²) in [7, 11) is 2.16. The number of H-pyrrole nitrogens is 2. The minimum Gasteiger partial charge on any atom is -0.457 e. The molecule has 27 heavy (non-hydrogen) atoms. The Morgan fingerprint density at radius 2 is 1.89 bits per heavy atom. The summed E-state index contributed by atoms with van der Waals surface area (Å²) in [6, 6.07) is 16.6. The minimum absolute atomic E-state index is 0.724. The van der Waals surface area contributed by atoms with E-state index in [0.717, 1.165) is 52.2 Å². The van der Waals surface area contributed by atoms with E-state index in [-0.39, 0.29) is 0 Å². The van der Waals surface area contributed by atoms with Crippen LogP contribution in [0.5, 0.6) is 11.5 Å². The molecule has 2 aromatic heterocycles. The van der Waals surface area contributed by atoms with Crippen LogP contribution in [0.1, 0.15) is 18.7 Å². The Morgan fingerprint density at radius 3 is 2.63 bits per heavy atom. The molecule has 136 valence electrons. The lowest BCUT2D eigenvalue weighted by molar-refractivity contribution is 0.309. The molecule has 0 saturated heterocycles. The first-order valence-corrected chi connectivity index (χ1v) is 9.21. The van der Waals surface area contributed by atoms with E-state index in [1.165, 1.54) is 12.8 Å². The molecule has 0 atom stereocenters. The fourth-order valence-electron chi connectivity index (χ4n) is 3.32. The number of hydrogen-bond donors (Lipinski definition) is 2. The zero-order chi connectivity index (χ0) is 18.2. The molecule has 0 radical (unpaired) electrons. The van der Waals surface area contributed by atoms with Crippen molar-refractivity contribution in [3.63, 3.8) is 0 Å². The molecule has 1 aliphatic carbocycles. The van der Waals surface area contributed by atoms with Crippen molar-refractivity contribution in [2.45, 2.75) is 25.4 Å². The van der Waals surface area contributed by atoms with Gasteiger partial charge in [-0.05, 0) is 67.9 Å². The molecule has 0 amide bonds. The van der Waals surface area contributed by atoms with Crippen LogP contribution in [0.25, 0.3) is 22.3 Å². The van der Waals surface area contributed by atoms with Gasteiger partial charge in [0.25, 0.3) is 0 Å². The normalized spacial score (nSPS) is 14.1. The first kappa shape index (κ1) is 16.1. The zero-order valence-electron chi connectivity index (χ0n) is 15.1. The highest BCUT2D eigenvalue weighted by molar-refractivity contribution is 5.77. The van der Waals surface area contributed by atoms with E-state index in [2.05, 4.69) is 32.1 Å². The van der Waals surface area contributed by atoms with Crippen molar-refractivity contribution in [1.82, 2.24) is 25.1 Å². The van der Waals surface area contributed by atoms with Crippen LogP contribution < -0.4 is 4.74 Å². The molecule has 1 aliphatic rings. The lowest BCUT2D eigenvalue weighted by Crippen LogP contribution is -2.20. The van der Waals surface area contributed by atoms with Gasteiger partial charge in [0.2, 0.25) is 0 Å². The number of nitrogens with zero attached hydrogens (tertiary/aromatic N) is 3. The predicted octanol–water partition coefficient (Wildman–Crippen LogP) is 4.34. The summed E-state index contributed by atoms with van der Waals surface area (Å²) in [5.74, 6) is 2.59. The van der Waals surface area contributed by atoms with Crippen LogP contribution in [0.15, 0.2) is 54.7 Å². The molecule has 0 aliphatic heterocycles. The monoisotopic (exact) mass is 359 g/mol. The summed E-state index contributed by atoms with van der Waals surface area (Å²) < 4.78 is 6.01. The summed E-state index contributed by atoms with van der Waals surface area (Å²) in [4.78, 5) is 10.5. The summed E-state index contributed by atoms with van der Waals surface area (Å²) in [6.45, 7) is 0.852. The van der Waals surface area contributed by atoms with Gasteiger partial charge in [0.05, 0.1) is 23.3 Å². The second-order valence-electron chi connectivity index (χ2n) is 7.11. The number of aromatic amines is 2. The van der Waals surface area contributed by atoms with Gasteiger partial charge < -0.3 is 9.72 Å². The molecule has 2 N–H and O–H groups in total. The molecule has 6 heteroatoms. The van der Waals surface area contributed by atoms with E-state index in [0.29, 0.717) is 0 Å². The number of fused-ring (bicyclic) bond motifs is 1. The second-order valence-corrected chi connectivity index (χ2v) is 7.11. The lowest BCUT2D eigenvalue weighted by atomic mass is 10.1. The minimum atomic E-state index is 0.724. The van der Waals surface area contributed by atoms with Crippen LogP contribution >= 0.6 is 0 Å². The average Bonchev–Trinajstić information content (AvgIpc) is 3.24. The van der Waals surface area contributed by atoms with Gasteiger partial charge in [0.1, 0.15) is 17.3 Å². The molecule has 4 aromatic rings. The van der Waals surface area contributed by atoms with Crippen molar-refractivity contribution >= 4 is 11.0 Å². The maximum atomic E-state index is 6.01. The quantitative estimate of drug-likeness (QED) is 0.537. The van der Waals surface area contributed by atoms with Crippen LogP contribution in [0.4, 0.5) is 0 Å². The molecular formula is C21H21N5O. The topological polar surface area (TPSA) is 69.8 Å². The van der Waals surface area contributed by atoms with Gasteiger partial charge in [0.15, 0.2) is 0 Å². The fourth-order valence-corrected chi connectivity index (χ4v) is 3.32. The Labute approximate surface area is 157 Å². The van der Waals surface area contributed by atoms with E-state index >= 15 is 0 Å². The maximum Gasteiger partial charge on any atom is 0.129 e. The molecule has 1 saturated carbocycles. The van der Waals surface area contributed by atoms with E-state index in [1.807, 2.05) is 48.5 Å². The van der Waals surface area contributed by atoms with Crippen molar-refractivity contribution in [3.8, 4) is 22.8 Å². The molecule has 2 aromatic carbocycles. The van der Waals surface area contributed by atoms with E-state index in [9.17, 15) is 0 Å². The van der Waals surface area contributed by atoms with Crippen LogP contribution in [-0.2, 0) is 6.54 Å². The molecule has 0 unspecified atom stereocenters. The third kappa shape index (κ3) is 3.44. The lowest BCUT2D eigenvalue weighted by Gasteiger charge is -2.12. The molecular weight excluding hydrogens is 338 g/mol. The van der Waals surface area contributed by atoms with Gasteiger partial charge in [0, 0.05) is 18.3 Å². The molecule has 2 heterocycles. The van der Waals surface area contributed by atoms with Gasteiger partial charge in [-0.3, -0.25) is 10.00 Å². The highest BCUT2D eigenvalue weighted by Crippen LogP contribution is 2.28. The highest BCUT2D eigenvalue weighted by Gasteiger charge is 2.26. The first-order chi connectivity index (χ1) is 13.2. The van der Waals surface area contributed by atoms with E-state index in [4.69, 9.17) is 4.74 Å². The van der Waals surface area contributed by atoms with Crippen LogP contribution in [0, 0.1) is 0 Å². The van der Waals surface area contributed by atoms with Gasteiger partial charge >= 0.3 is 0 Å². The molecule has 0 spiro atoms. The number of hydrogen-bond acceptors (Lipinski definition) is 4. The second kappa shape index (κ2) is 6.55. The van der Waals surface area contributed by atoms with Crippen molar-refractivity contribution in [2.75, 3.05) is 7.05 Å². The van der Waals surface area contributed by atoms with E-state index < -0.39 is 0 Å². The summed E-state index contributed by atoms with van der Waals surface area (Å²) in [5, 5.41) is 6.95. The van der Waals surface area contributed by atoms with Gasteiger partial charge in [-0.15, -0.1) is 0 Å². The Kier molecular flexibility index (Phi) is 3.90. The Hall–Kier alpha value is -3.12. The van der Waals surface area contributed by atoms with Crippen molar-refractivity contribution < 1.29 is 4.74 Å². The molecule has 6 nitrogen and oxygen atoms in total.